The van der Waals surface area contributed by atoms with Gasteiger partial charge in [-0.2, -0.15) is 0 Å². The van der Waals surface area contributed by atoms with E-state index in [9.17, 15) is 14.0 Å². The highest BCUT2D eigenvalue weighted by atomic mass is 19.1. The molecule has 0 aliphatic carbocycles. The van der Waals surface area contributed by atoms with E-state index in [-0.39, 0.29) is 23.6 Å². The summed E-state index contributed by atoms with van der Waals surface area (Å²) in [5.41, 5.74) is 1.45. The number of ether oxygens (including phenoxy) is 2. The van der Waals surface area contributed by atoms with Crippen LogP contribution in [0.1, 0.15) is 5.56 Å². The molecule has 6 nitrogen and oxygen atoms in total. The summed E-state index contributed by atoms with van der Waals surface area (Å²) in [6.07, 6.45) is 1.25. The van der Waals surface area contributed by atoms with Gasteiger partial charge in [0, 0.05) is 11.8 Å². The summed E-state index contributed by atoms with van der Waals surface area (Å²) in [6, 6.07) is 17.4. The molecule has 0 radical (unpaired) electrons. The van der Waals surface area contributed by atoms with Crippen molar-refractivity contribution in [1.82, 2.24) is 0 Å². The quantitative estimate of drug-likeness (QED) is 0.473. The molecule has 0 atom stereocenters. The lowest BCUT2D eigenvalue weighted by Crippen LogP contribution is -2.20. The van der Waals surface area contributed by atoms with Gasteiger partial charge >= 0.3 is 0 Å². The van der Waals surface area contributed by atoms with E-state index in [0.29, 0.717) is 28.2 Å². The Bertz CT molecular complexity index is 1300. The zero-order valence-electron chi connectivity index (χ0n) is 16.6. The molecule has 0 aliphatic heterocycles. The van der Waals surface area contributed by atoms with E-state index in [2.05, 4.69) is 5.32 Å². The number of anilines is 1. The molecule has 0 unspecified atom stereocenters. The first-order valence-corrected chi connectivity index (χ1v) is 9.46. The van der Waals surface area contributed by atoms with E-state index in [1.807, 2.05) is 25.1 Å². The highest BCUT2D eigenvalue weighted by Crippen LogP contribution is 2.24. The van der Waals surface area contributed by atoms with E-state index in [1.165, 1.54) is 36.6 Å². The van der Waals surface area contributed by atoms with Crippen molar-refractivity contribution in [2.24, 2.45) is 0 Å². The van der Waals surface area contributed by atoms with Crippen molar-refractivity contribution in [3.63, 3.8) is 0 Å². The molecule has 31 heavy (non-hydrogen) atoms. The van der Waals surface area contributed by atoms with Crippen molar-refractivity contribution in [1.29, 1.82) is 0 Å². The largest absolute Gasteiger partial charge is 0.484 e. The van der Waals surface area contributed by atoms with Crippen molar-refractivity contribution in [3.8, 4) is 17.2 Å². The normalized spacial score (nSPS) is 10.6. The number of benzene rings is 3. The summed E-state index contributed by atoms with van der Waals surface area (Å²) in [5, 5.41) is 2.93. The minimum atomic E-state index is -0.407. The van der Waals surface area contributed by atoms with Gasteiger partial charge in [0.1, 0.15) is 29.2 Å². The first-order chi connectivity index (χ1) is 15.0. The Morgan fingerprint density at radius 3 is 2.61 bits per heavy atom. The Hall–Kier alpha value is -4.13. The molecular formula is C24H18FNO5. The molecule has 1 amide bonds. The minimum absolute atomic E-state index is 0.0745. The van der Waals surface area contributed by atoms with Gasteiger partial charge in [-0.3, -0.25) is 9.59 Å². The van der Waals surface area contributed by atoms with Crippen molar-refractivity contribution in [2.75, 3.05) is 11.9 Å². The Morgan fingerprint density at radius 2 is 1.84 bits per heavy atom. The molecule has 1 heterocycles. The molecule has 0 fully saturated rings. The highest BCUT2D eigenvalue weighted by molar-refractivity contribution is 5.91. The number of nitrogens with one attached hydrogen (secondary N) is 1. The molecule has 1 aromatic heterocycles. The first-order valence-electron chi connectivity index (χ1n) is 9.46. The van der Waals surface area contributed by atoms with Crippen LogP contribution in [-0.2, 0) is 4.79 Å². The third-order valence-electron chi connectivity index (χ3n) is 4.43. The number of rotatable bonds is 6. The number of fused-ring (bicyclic) bond motifs is 1. The zero-order valence-corrected chi connectivity index (χ0v) is 16.6. The number of carbonyl (C=O) groups excluding carboxylic acids is 1. The number of hydrogen-bond acceptors (Lipinski definition) is 5. The van der Waals surface area contributed by atoms with Gasteiger partial charge in [-0.15, -0.1) is 0 Å². The number of halogens is 1. The maximum Gasteiger partial charge on any atom is 0.262 e. The van der Waals surface area contributed by atoms with Crippen molar-refractivity contribution in [3.05, 3.63) is 94.6 Å². The number of hydrogen-bond donors (Lipinski definition) is 1. The molecule has 1 N–H and O–H groups in total. The molecule has 0 saturated carbocycles. The van der Waals surface area contributed by atoms with Gasteiger partial charge in [0.15, 0.2) is 6.61 Å². The number of carbonyl (C=O) groups is 1. The van der Waals surface area contributed by atoms with E-state index in [4.69, 9.17) is 13.9 Å². The summed E-state index contributed by atoms with van der Waals surface area (Å²) < 4.78 is 29.6. The second-order valence-electron chi connectivity index (χ2n) is 6.85. The van der Waals surface area contributed by atoms with Crippen LogP contribution in [0.15, 0.2) is 82.2 Å². The maximum atomic E-state index is 12.9. The summed E-state index contributed by atoms with van der Waals surface area (Å²) in [6.45, 7) is 1.67. The molecular weight excluding hydrogens is 401 g/mol. The summed E-state index contributed by atoms with van der Waals surface area (Å²) in [5.74, 6) is 0.177. The van der Waals surface area contributed by atoms with Crippen molar-refractivity contribution < 1.29 is 23.1 Å². The second kappa shape index (κ2) is 8.71. The predicted octanol–water partition coefficient (Wildman–Crippen LogP) is 5.05. The molecule has 0 bridgehead atoms. The molecule has 0 aliphatic rings. The van der Waals surface area contributed by atoms with Crippen LogP contribution in [0.5, 0.6) is 17.2 Å². The molecule has 0 spiro atoms. The van der Waals surface area contributed by atoms with E-state index >= 15 is 0 Å². The average Bonchev–Trinajstić information content (AvgIpc) is 2.76. The van der Waals surface area contributed by atoms with Crippen LogP contribution < -0.4 is 20.2 Å². The Morgan fingerprint density at radius 1 is 1.03 bits per heavy atom. The fourth-order valence-corrected chi connectivity index (χ4v) is 2.94. The van der Waals surface area contributed by atoms with Crippen LogP contribution in [0.25, 0.3) is 11.0 Å². The SMILES string of the molecule is Cc1cccc(Oc2coc3cc(OCC(=O)Nc4ccc(F)cc4)ccc3c2=O)c1. The Labute approximate surface area is 176 Å². The second-order valence-corrected chi connectivity index (χ2v) is 6.85. The van der Waals surface area contributed by atoms with Crippen LogP contribution in [-0.4, -0.2) is 12.5 Å². The smallest absolute Gasteiger partial charge is 0.262 e. The number of amides is 1. The first kappa shape index (κ1) is 20.2. The lowest BCUT2D eigenvalue weighted by atomic mass is 10.2. The van der Waals surface area contributed by atoms with Crippen LogP contribution >= 0.6 is 0 Å². The average molecular weight is 419 g/mol. The third-order valence-corrected chi connectivity index (χ3v) is 4.43. The van der Waals surface area contributed by atoms with Gasteiger partial charge < -0.3 is 19.2 Å². The van der Waals surface area contributed by atoms with E-state index in [0.717, 1.165) is 5.56 Å². The van der Waals surface area contributed by atoms with E-state index < -0.39 is 5.91 Å². The Balaban J connectivity index is 1.45. The standard InChI is InChI=1S/C24H18FNO5/c1-15-3-2-4-19(11-15)31-22-13-30-21-12-18(9-10-20(21)24(22)28)29-14-23(27)26-17-7-5-16(25)6-8-17/h2-13H,14H2,1H3,(H,26,27). The monoisotopic (exact) mass is 419 g/mol. The minimum Gasteiger partial charge on any atom is -0.484 e. The lowest BCUT2D eigenvalue weighted by molar-refractivity contribution is -0.118. The lowest BCUT2D eigenvalue weighted by Gasteiger charge is -2.09. The molecule has 156 valence electrons. The fraction of sp³-hybridized carbons (Fsp3) is 0.0833. The van der Waals surface area contributed by atoms with Gasteiger partial charge in [-0.25, -0.2) is 4.39 Å². The molecule has 4 rings (SSSR count). The van der Waals surface area contributed by atoms with Gasteiger partial charge in [-0.1, -0.05) is 12.1 Å². The van der Waals surface area contributed by atoms with E-state index in [1.54, 1.807) is 18.2 Å². The maximum absolute atomic E-state index is 12.9. The summed E-state index contributed by atoms with van der Waals surface area (Å²) >= 11 is 0. The van der Waals surface area contributed by atoms with Gasteiger partial charge in [-0.05, 0) is 61.0 Å². The van der Waals surface area contributed by atoms with Crippen LogP contribution in [0.4, 0.5) is 10.1 Å². The van der Waals surface area contributed by atoms with Crippen LogP contribution in [0, 0.1) is 12.7 Å². The highest BCUT2D eigenvalue weighted by Gasteiger charge is 2.11. The molecule has 7 heteroatoms. The van der Waals surface area contributed by atoms with Crippen molar-refractivity contribution >= 4 is 22.6 Å². The molecule has 3 aromatic carbocycles. The molecule has 4 aromatic rings. The fourth-order valence-electron chi connectivity index (χ4n) is 2.94. The Kier molecular flexibility index (Phi) is 5.66. The van der Waals surface area contributed by atoms with Crippen LogP contribution in [0.2, 0.25) is 0 Å². The molecule has 0 saturated heterocycles. The van der Waals surface area contributed by atoms with Crippen LogP contribution in [0.3, 0.4) is 0 Å². The van der Waals surface area contributed by atoms with Crippen molar-refractivity contribution in [2.45, 2.75) is 6.92 Å². The third kappa shape index (κ3) is 4.90. The summed E-state index contributed by atoms with van der Waals surface area (Å²) in [4.78, 5) is 24.7. The van der Waals surface area contributed by atoms with Gasteiger partial charge in [0.25, 0.3) is 5.91 Å². The zero-order chi connectivity index (χ0) is 21.8. The predicted molar refractivity (Wildman–Crippen MR) is 114 cm³/mol. The topological polar surface area (TPSA) is 77.8 Å². The van der Waals surface area contributed by atoms with Gasteiger partial charge in [0.05, 0.1) is 5.39 Å². The summed E-state index contributed by atoms with van der Waals surface area (Å²) in [7, 11) is 0. The number of aryl methyl sites for hydroxylation is 1. The van der Waals surface area contributed by atoms with Gasteiger partial charge in [0.2, 0.25) is 11.2 Å².